The van der Waals surface area contributed by atoms with Gasteiger partial charge in [-0.15, -0.1) is 0 Å². The van der Waals surface area contributed by atoms with Crippen LogP contribution in [0.25, 0.3) is 0 Å². The molecule has 0 unspecified atom stereocenters. The second-order valence-electron chi connectivity index (χ2n) is 5.24. The zero-order valence-electron chi connectivity index (χ0n) is 13.1. The maximum absolute atomic E-state index is 8.82. The summed E-state index contributed by atoms with van der Waals surface area (Å²) < 4.78 is 0. The molecule has 5 heteroatoms. The van der Waals surface area contributed by atoms with Crippen molar-refractivity contribution < 1.29 is 0 Å². The van der Waals surface area contributed by atoms with Gasteiger partial charge in [0.1, 0.15) is 5.82 Å². The molecule has 0 aliphatic carbocycles. The smallest absolute Gasteiger partial charge is 0.229 e. The third kappa shape index (κ3) is 4.31. The molecule has 0 saturated carbocycles. The largest absolute Gasteiger partial charge is 0.370 e. The predicted molar refractivity (Wildman–Crippen MR) is 95.1 cm³/mol. The molecule has 0 bridgehead atoms. The highest BCUT2D eigenvalue weighted by molar-refractivity contribution is 5.56. The molecule has 24 heavy (non-hydrogen) atoms. The molecule has 0 aliphatic rings. The van der Waals surface area contributed by atoms with E-state index in [1.54, 1.807) is 18.3 Å². The van der Waals surface area contributed by atoms with E-state index >= 15 is 0 Å². The van der Waals surface area contributed by atoms with E-state index in [1.807, 2.05) is 36.4 Å². The molecule has 3 rings (SSSR count). The third-order valence-electron chi connectivity index (χ3n) is 3.49. The van der Waals surface area contributed by atoms with Crippen molar-refractivity contribution in [2.45, 2.75) is 6.42 Å². The lowest BCUT2D eigenvalue weighted by Crippen LogP contribution is -2.07. The fourth-order valence-corrected chi connectivity index (χ4v) is 2.25. The van der Waals surface area contributed by atoms with Gasteiger partial charge in [0.05, 0.1) is 11.6 Å². The van der Waals surface area contributed by atoms with E-state index in [9.17, 15) is 0 Å². The maximum Gasteiger partial charge on any atom is 0.229 e. The van der Waals surface area contributed by atoms with E-state index in [4.69, 9.17) is 5.26 Å². The number of hydrogen-bond acceptors (Lipinski definition) is 5. The molecule has 1 aromatic heterocycles. The molecule has 0 fully saturated rings. The summed E-state index contributed by atoms with van der Waals surface area (Å²) in [4.78, 5) is 8.66. The van der Waals surface area contributed by atoms with Gasteiger partial charge in [0.25, 0.3) is 0 Å². The number of nitrogens with zero attached hydrogens (tertiary/aromatic N) is 3. The summed E-state index contributed by atoms with van der Waals surface area (Å²) in [5, 5.41) is 15.3. The number of hydrogen-bond donors (Lipinski definition) is 2. The molecule has 0 spiro atoms. The zero-order valence-corrected chi connectivity index (χ0v) is 13.1. The minimum Gasteiger partial charge on any atom is -0.370 e. The quantitative estimate of drug-likeness (QED) is 0.725. The van der Waals surface area contributed by atoms with Crippen molar-refractivity contribution in [1.82, 2.24) is 9.97 Å². The van der Waals surface area contributed by atoms with Gasteiger partial charge < -0.3 is 10.6 Å². The summed E-state index contributed by atoms with van der Waals surface area (Å²) in [6.45, 7) is 0.803. The van der Waals surface area contributed by atoms with Gasteiger partial charge in [-0.25, -0.2) is 4.98 Å². The minimum atomic E-state index is 0.518. The van der Waals surface area contributed by atoms with Crippen molar-refractivity contribution >= 4 is 17.5 Å². The maximum atomic E-state index is 8.82. The predicted octanol–water partition coefficient (Wildman–Crippen LogP) is 3.75. The fraction of sp³-hybridized carbons (Fsp3) is 0.105. The Bertz CT molecular complexity index is 822. The van der Waals surface area contributed by atoms with Crippen LogP contribution in [0.4, 0.5) is 17.5 Å². The molecule has 0 saturated heterocycles. The Kier molecular flexibility index (Phi) is 5.00. The highest BCUT2D eigenvalue weighted by Gasteiger charge is 2.01. The summed E-state index contributed by atoms with van der Waals surface area (Å²) in [6.07, 6.45) is 2.65. The summed E-state index contributed by atoms with van der Waals surface area (Å²) in [5.41, 5.74) is 2.75. The molecule has 5 nitrogen and oxygen atoms in total. The van der Waals surface area contributed by atoms with Crippen LogP contribution in [-0.4, -0.2) is 16.5 Å². The first-order valence-electron chi connectivity index (χ1n) is 7.71. The number of anilines is 3. The molecule has 2 aromatic carbocycles. The van der Waals surface area contributed by atoms with Crippen LogP contribution < -0.4 is 10.6 Å². The molecule has 0 amide bonds. The van der Waals surface area contributed by atoms with Crippen molar-refractivity contribution in [1.29, 1.82) is 5.26 Å². The lowest BCUT2D eigenvalue weighted by atomic mass is 10.1. The molecular formula is C19H17N5. The van der Waals surface area contributed by atoms with Crippen LogP contribution in [0.15, 0.2) is 66.9 Å². The second-order valence-corrected chi connectivity index (χ2v) is 5.24. The molecule has 0 aliphatic heterocycles. The van der Waals surface area contributed by atoms with Crippen molar-refractivity contribution in [2.24, 2.45) is 0 Å². The lowest BCUT2D eigenvalue weighted by molar-refractivity contribution is 1.00. The van der Waals surface area contributed by atoms with E-state index in [1.165, 1.54) is 5.56 Å². The molecule has 3 aromatic rings. The molecule has 2 N–H and O–H groups in total. The number of rotatable bonds is 6. The molecule has 118 valence electrons. The first kappa shape index (κ1) is 15.5. The Morgan fingerprint density at radius 3 is 2.50 bits per heavy atom. The van der Waals surface area contributed by atoms with Crippen LogP contribution in [0.2, 0.25) is 0 Å². The Balaban J connectivity index is 1.58. The standard InChI is InChI=1S/C19H17N5/c20-14-16-6-8-17(9-7-16)23-19-22-13-11-18(24-19)21-12-10-15-4-2-1-3-5-15/h1-9,11,13H,10,12H2,(H2,21,22,23,24). The van der Waals surface area contributed by atoms with Crippen LogP contribution in [0.1, 0.15) is 11.1 Å². The third-order valence-corrected chi connectivity index (χ3v) is 3.49. The van der Waals surface area contributed by atoms with Gasteiger partial charge in [0, 0.05) is 18.4 Å². The minimum absolute atomic E-state index is 0.518. The van der Waals surface area contributed by atoms with Gasteiger partial charge >= 0.3 is 0 Å². The van der Waals surface area contributed by atoms with Crippen LogP contribution in [-0.2, 0) is 6.42 Å². The van der Waals surface area contributed by atoms with Crippen molar-refractivity contribution in [2.75, 3.05) is 17.2 Å². The van der Waals surface area contributed by atoms with Crippen LogP contribution >= 0.6 is 0 Å². The average Bonchev–Trinajstić information content (AvgIpc) is 2.64. The highest BCUT2D eigenvalue weighted by atomic mass is 15.1. The lowest BCUT2D eigenvalue weighted by Gasteiger charge is -2.08. The average molecular weight is 315 g/mol. The Hall–Kier alpha value is -3.39. The van der Waals surface area contributed by atoms with Crippen molar-refractivity contribution in [3.63, 3.8) is 0 Å². The second kappa shape index (κ2) is 7.75. The van der Waals surface area contributed by atoms with E-state index in [2.05, 4.69) is 38.8 Å². The van der Waals surface area contributed by atoms with E-state index < -0.39 is 0 Å². The van der Waals surface area contributed by atoms with Gasteiger partial charge in [-0.1, -0.05) is 30.3 Å². The molecule has 0 radical (unpaired) electrons. The van der Waals surface area contributed by atoms with Gasteiger partial charge in [-0.3, -0.25) is 0 Å². The summed E-state index contributed by atoms with van der Waals surface area (Å²) >= 11 is 0. The van der Waals surface area contributed by atoms with Gasteiger partial charge in [-0.2, -0.15) is 10.2 Å². The number of benzene rings is 2. The van der Waals surface area contributed by atoms with Gasteiger partial charge in [-0.05, 0) is 42.3 Å². The molecule has 1 heterocycles. The number of nitriles is 1. The monoisotopic (exact) mass is 315 g/mol. The van der Waals surface area contributed by atoms with E-state index in [-0.39, 0.29) is 0 Å². The van der Waals surface area contributed by atoms with Crippen LogP contribution in [0, 0.1) is 11.3 Å². The number of aromatic nitrogens is 2. The summed E-state index contributed by atoms with van der Waals surface area (Å²) in [5.74, 6) is 1.29. The van der Waals surface area contributed by atoms with Crippen LogP contribution in [0.5, 0.6) is 0 Å². The molecular weight excluding hydrogens is 298 g/mol. The first-order chi connectivity index (χ1) is 11.8. The zero-order chi connectivity index (χ0) is 16.6. The SMILES string of the molecule is N#Cc1ccc(Nc2nccc(NCCc3ccccc3)n2)cc1. The van der Waals surface area contributed by atoms with Crippen molar-refractivity contribution in [3.05, 3.63) is 78.0 Å². The van der Waals surface area contributed by atoms with Gasteiger partial charge in [0.2, 0.25) is 5.95 Å². The van der Waals surface area contributed by atoms with Crippen molar-refractivity contribution in [3.8, 4) is 6.07 Å². The van der Waals surface area contributed by atoms with E-state index in [0.717, 1.165) is 24.5 Å². The Labute approximate surface area is 141 Å². The fourth-order valence-electron chi connectivity index (χ4n) is 2.25. The Morgan fingerprint density at radius 2 is 1.75 bits per heavy atom. The van der Waals surface area contributed by atoms with Crippen LogP contribution in [0.3, 0.4) is 0 Å². The Morgan fingerprint density at radius 1 is 0.958 bits per heavy atom. The normalized spacial score (nSPS) is 9.96. The molecule has 0 atom stereocenters. The number of nitrogens with one attached hydrogen (secondary N) is 2. The van der Waals surface area contributed by atoms with E-state index in [0.29, 0.717) is 11.5 Å². The van der Waals surface area contributed by atoms with Gasteiger partial charge in [0.15, 0.2) is 0 Å². The summed E-state index contributed by atoms with van der Waals surface area (Å²) in [6, 6.07) is 21.4. The summed E-state index contributed by atoms with van der Waals surface area (Å²) in [7, 11) is 0. The first-order valence-corrected chi connectivity index (χ1v) is 7.71. The highest BCUT2D eigenvalue weighted by Crippen LogP contribution is 2.15. The topological polar surface area (TPSA) is 73.6 Å².